The van der Waals surface area contributed by atoms with Gasteiger partial charge in [-0.25, -0.2) is 9.50 Å². The van der Waals surface area contributed by atoms with E-state index in [0.29, 0.717) is 6.42 Å². The van der Waals surface area contributed by atoms with Gasteiger partial charge in [0.2, 0.25) is 5.91 Å². The van der Waals surface area contributed by atoms with Crippen molar-refractivity contribution in [2.45, 2.75) is 26.2 Å². The Hall–Kier alpha value is -3.71. The van der Waals surface area contributed by atoms with Gasteiger partial charge in [-0.3, -0.25) is 9.69 Å². The van der Waals surface area contributed by atoms with Gasteiger partial charge in [-0.1, -0.05) is 30.3 Å². The lowest BCUT2D eigenvalue weighted by molar-refractivity contribution is -0.114. The summed E-state index contributed by atoms with van der Waals surface area (Å²) >= 11 is 0. The number of fused-ring (bicyclic) bond motifs is 1. The number of nitrogens with one attached hydrogen (secondary N) is 1. The molecule has 174 valence electrons. The highest BCUT2D eigenvalue weighted by atomic mass is 16.5. The van der Waals surface area contributed by atoms with E-state index >= 15 is 0 Å². The minimum atomic E-state index is -0.0857. The first-order valence-electron chi connectivity index (χ1n) is 11.8. The maximum absolute atomic E-state index is 11.3. The van der Waals surface area contributed by atoms with E-state index in [4.69, 9.17) is 14.8 Å². The van der Waals surface area contributed by atoms with E-state index in [1.54, 1.807) is 0 Å². The number of amides is 1. The number of carbonyl (C=O) groups is 1. The van der Waals surface area contributed by atoms with Crippen LogP contribution in [0.2, 0.25) is 0 Å². The summed E-state index contributed by atoms with van der Waals surface area (Å²) in [6.07, 6.45) is 3.26. The van der Waals surface area contributed by atoms with Crippen LogP contribution in [-0.4, -0.2) is 51.6 Å². The van der Waals surface area contributed by atoms with Gasteiger partial charge >= 0.3 is 0 Å². The van der Waals surface area contributed by atoms with E-state index in [-0.39, 0.29) is 5.91 Å². The van der Waals surface area contributed by atoms with Crippen molar-refractivity contribution >= 4 is 17.2 Å². The fourth-order valence-electron chi connectivity index (χ4n) is 4.36. The monoisotopic (exact) mass is 455 g/mol. The fraction of sp³-hybridized carbons (Fsp3) is 0.296. The minimum absolute atomic E-state index is 0.0857. The van der Waals surface area contributed by atoms with E-state index in [1.807, 2.05) is 59.1 Å². The number of anilines is 1. The highest BCUT2D eigenvalue weighted by molar-refractivity contribution is 5.88. The molecule has 34 heavy (non-hydrogen) atoms. The van der Waals surface area contributed by atoms with Gasteiger partial charge in [0.25, 0.3) is 0 Å². The first-order chi connectivity index (χ1) is 16.6. The standard InChI is InChI=1S/C27H29N5O2/c1-20(33)28-23-11-9-22(10-12-23)25-5-4-6-27-29-26(30-32(25)27)19-21-7-13-24(14-8-21)34-18-17-31-15-2-3-16-31/h4-14H,2-3,15-19H2,1H3,(H,28,33). The van der Waals surface area contributed by atoms with Gasteiger partial charge in [0.1, 0.15) is 12.4 Å². The zero-order chi connectivity index (χ0) is 23.3. The Labute approximate surface area is 199 Å². The Morgan fingerprint density at radius 1 is 1.00 bits per heavy atom. The van der Waals surface area contributed by atoms with Crippen molar-refractivity contribution in [1.29, 1.82) is 0 Å². The van der Waals surface area contributed by atoms with Crippen molar-refractivity contribution < 1.29 is 9.53 Å². The number of pyridine rings is 1. The largest absolute Gasteiger partial charge is 0.492 e. The second-order valence-corrected chi connectivity index (χ2v) is 8.69. The summed E-state index contributed by atoms with van der Waals surface area (Å²) < 4.78 is 7.79. The topological polar surface area (TPSA) is 71.8 Å². The Balaban J connectivity index is 1.26. The molecule has 0 unspecified atom stereocenters. The van der Waals surface area contributed by atoms with Crippen LogP contribution in [0.15, 0.2) is 66.7 Å². The molecule has 0 atom stereocenters. The van der Waals surface area contributed by atoms with Gasteiger partial charge in [0, 0.05) is 31.1 Å². The third kappa shape index (κ3) is 5.26. The number of ether oxygens (including phenoxy) is 1. The van der Waals surface area contributed by atoms with Crippen molar-refractivity contribution in [2.75, 3.05) is 31.6 Å². The molecular weight excluding hydrogens is 426 g/mol. The number of carbonyl (C=O) groups excluding carboxylic acids is 1. The fourth-order valence-corrected chi connectivity index (χ4v) is 4.36. The zero-order valence-electron chi connectivity index (χ0n) is 19.4. The van der Waals surface area contributed by atoms with Crippen molar-refractivity contribution in [3.05, 3.63) is 78.1 Å². The Morgan fingerprint density at radius 2 is 1.76 bits per heavy atom. The highest BCUT2D eigenvalue weighted by Crippen LogP contribution is 2.23. The lowest BCUT2D eigenvalue weighted by atomic mass is 10.1. The van der Waals surface area contributed by atoms with Gasteiger partial charge in [-0.2, -0.15) is 5.10 Å². The summed E-state index contributed by atoms with van der Waals surface area (Å²) in [5.74, 6) is 1.58. The summed E-state index contributed by atoms with van der Waals surface area (Å²) in [5.41, 5.74) is 4.68. The normalized spacial score (nSPS) is 13.9. The van der Waals surface area contributed by atoms with Crippen molar-refractivity contribution in [2.24, 2.45) is 0 Å². The number of likely N-dealkylation sites (tertiary alicyclic amines) is 1. The second kappa shape index (κ2) is 10.1. The Bertz CT molecular complexity index is 1260. The molecule has 1 fully saturated rings. The number of aromatic nitrogens is 3. The molecule has 0 saturated carbocycles. The van der Waals surface area contributed by atoms with Crippen molar-refractivity contribution in [3.63, 3.8) is 0 Å². The van der Waals surface area contributed by atoms with E-state index in [1.165, 1.54) is 32.9 Å². The Morgan fingerprint density at radius 3 is 2.50 bits per heavy atom. The summed E-state index contributed by atoms with van der Waals surface area (Å²) in [6.45, 7) is 5.60. The third-order valence-electron chi connectivity index (χ3n) is 6.07. The number of rotatable bonds is 8. The minimum Gasteiger partial charge on any atom is -0.492 e. The molecule has 0 spiro atoms. The van der Waals surface area contributed by atoms with Crippen LogP contribution in [0.4, 0.5) is 5.69 Å². The molecule has 4 aromatic rings. The molecule has 2 aromatic carbocycles. The molecule has 0 radical (unpaired) electrons. The van der Waals surface area contributed by atoms with Gasteiger partial charge in [-0.05, 0) is 67.9 Å². The maximum Gasteiger partial charge on any atom is 0.221 e. The molecule has 0 aliphatic carbocycles. The van der Waals surface area contributed by atoms with Crippen LogP contribution in [0.3, 0.4) is 0 Å². The molecular formula is C27H29N5O2. The average Bonchev–Trinajstić information content (AvgIpc) is 3.50. The SMILES string of the molecule is CC(=O)Nc1ccc(-c2cccc3nc(Cc4ccc(OCCN5CCCC5)cc4)nn23)cc1. The summed E-state index contributed by atoms with van der Waals surface area (Å²) in [6, 6.07) is 21.9. The number of hydrogen-bond donors (Lipinski definition) is 1. The zero-order valence-corrected chi connectivity index (χ0v) is 19.4. The first kappa shape index (κ1) is 22.1. The molecule has 1 amide bonds. The van der Waals surface area contributed by atoms with Crippen LogP contribution in [0.1, 0.15) is 31.2 Å². The lowest BCUT2D eigenvalue weighted by Crippen LogP contribution is -2.25. The summed E-state index contributed by atoms with van der Waals surface area (Å²) in [5, 5.41) is 7.57. The molecule has 3 heterocycles. The van der Waals surface area contributed by atoms with Crippen molar-refractivity contribution in [1.82, 2.24) is 19.5 Å². The first-order valence-corrected chi connectivity index (χ1v) is 11.8. The Kier molecular flexibility index (Phi) is 6.53. The van der Waals surface area contributed by atoms with Gasteiger partial charge in [0.05, 0.1) is 5.69 Å². The number of hydrogen-bond acceptors (Lipinski definition) is 5. The summed E-state index contributed by atoms with van der Waals surface area (Å²) in [4.78, 5) is 18.4. The van der Waals surface area contributed by atoms with Crippen LogP contribution in [0.5, 0.6) is 5.75 Å². The number of nitrogens with zero attached hydrogens (tertiary/aromatic N) is 4. The van der Waals surface area contributed by atoms with E-state index in [9.17, 15) is 4.79 Å². The third-order valence-corrected chi connectivity index (χ3v) is 6.07. The van der Waals surface area contributed by atoms with E-state index < -0.39 is 0 Å². The predicted molar refractivity (Wildman–Crippen MR) is 133 cm³/mol. The lowest BCUT2D eigenvalue weighted by Gasteiger charge is -2.14. The molecule has 0 bridgehead atoms. The molecule has 5 rings (SSSR count). The molecule has 1 aliphatic rings. The van der Waals surface area contributed by atoms with Crippen LogP contribution in [0, 0.1) is 0 Å². The van der Waals surface area contributed by atoms with Crippen LogP contribution in [-0.2, 0) is 11.2 Å². The number of benzene rings is 2. The smallest absolute Gasteiger partial charge is 0.221 e. The van der Waals surface area contributed by atoms with Crippen LogP contribution >= 0.6 is 0 Å². The quantitative estimate of drug-likeness (QED) is 0.426. The second-order valence-electron chi connectivity index (χ2n) is 8.69. The van der Waals surface area contributed by atoms with Crippen LogP contribution < -0.4 is 10.1 Å². The average molecular weight is 456 g/mol. The molecule has 1 aliphatic heterocycles. The van der Waals surface area contributed by atoms with Gasteiger partial charge in [0.15, 0.2) is 11.5 Å². The predicted octanol–water partition coefficient (Wildman–Crippen LogP) is 4.42. The maximum atomic E-state index is 11.3. The van der Waals surface area contributed by atoms with Gasteiger partial charge < -0.3 is 10.1 Å². The van der Waals surface area contributed by atoms with E-state index in [2.05, 4.69) is 22.3 Å². The molecule has 7 nitrogen and oxygen atoms in total. The summed E-state index contributed by atoms with van der Waals surface area (Å²) in [7, 11) is 0. The molecule has 2 aromatic heterocycles. The molecule has 7 heteroatoms. The molecule has 1 saturated heterocycles. The van der Waals surface area contributed by atoms with Crippen LogP contribution in [0.25, 0.3) is 16.9 Å². The van der Waals surface area contributed by atoms with Crippen molar-refractivity contribution in [3.8, 4) is 17.0 Å². The highest BCUT2D eigenvalue weighted by Gasteiger charge is 2.12. The van der Waals surface area contributed by atoms with E-state index in [0.717, 1.165) is 52.9 Å². The molecule has 1 N–H and O–H groups in total. The van der Waals surface area contributed by atoms with Gasteiger partial charge in [-0.15, -0.1) is 0 Å².